The Hall–Kier alpha value is -0.730. The smallest absolute Gasteiger partial charge is 0.323 e. The maximum atomic E-state index is 10.7. The van der Waals surface area contributed by atoms with Crippen molar-refractivity contribution in [2.24, 2.45) is 5.73 Å². The normalized spacial score (nSPS) is 14.3. The van der Waals surface area contributed by atoms with Crippen molar-refractivity contribution in [2.75, 3.05) is 53.4 Å². The summed E-state index contributed by atoms with van der Waals surface area (Å²) < 4.78 is 20.5. The van der Waals surface area contributed by atoms with Gasteiger partial charge >= 0.3 is 5.97 Å². The van der Waals surface area contributed by atoms with E-state index in [1.54, 1.807) is 7.11 Å². The minimum Gasteiger partial charge on any atom is -0.480 e. The van der Waals surface area contributed by atoms with Gasteiger partial charge in [-0.05, 0) is 13.3 Å². The van der Waals surface area contributed by atoms with Crippen molar-refractivity contribution in [1.29, 1.82) is 0 Å². The highest BCUT2D eigenvalue weighted by Gasteiger charge is 2.27. The molecule has 0 spiro atoms. The van der Waals surface area contributed by atoms with Crippen LogP contribution < -0.4 is 5.73 Å². The van der Waals surface area contributed by atoms with E-state index in [2.05, 4.69) is 0 Å². The standard InChI is InChI=1S/C12H25NO6/c1-12(13,11(14)15)3-4-17-7-8-19-10-9-18-6-5-16-2/h3-10,13H2,1-2H3,(H,14,15). The van der Waals surface area contributed by atoms with Crippen molar-refractivity contribution in [1.82, 2.24) is 0 Å². The molecule has 0 heterocycles. The van der Waals surface area contributed by atoms with Crippen LogP contribution in [0.5, 0.6) is 0 Å². The van der Waals surface area contributed by atoms with Crippen LogP contribution in [0.4, 0.5) is 0 Å². The first-order chi connectivity index (χ1) is 9.00. The summed E-state index contributed by atoms with van der Waals surface area (Å²) in [6.07, 6.45) is 0.266. The van der Waals surface area contributed by atoms with Crippen molar-refractivity contribution in [3.8, 4) is 0 Å². The largest absolute Gasteiger partial charge is 0.480 e. The number of nitrogens with two attached hydrogens (primary N) is 1. The monoisotopic (exact) mass is 279 g/mol. The highest BCUT2D eigenvalue weighted by Crippen LogP contribution is 2.05. The zero-order valence-electron chi connectivity index (χ0n) is 11.7. The van der Waals surface area contributed by atoms with Crippen LogP contribution in [0.15, 0.2) is 0 Å². The van der Waals surface area contributed by atoms with Gasteiger partial charge in [0.1, 0.15) is 5.54 Å². The Kier molecular flexibility index (Phi) is 10.7. The van der Waals surface area contributed by atoms with Gasteiger partial charge in [-0.1, -0.05) is 0 Å². The van der Waals surface area contributed by atoms with E-state index in [-0.39, 0.29) is 6.42 Å². The average Bonchev–Trinajstić information content (AvgIpc) is 2.35. The number of rotatable bonds is 13. The molecule has 0 saturated carbocycles. The van der Waals surface area contributed by atoms with Gasteiger partial charge in [-0.3, -0.25) is 4.79 Å². The average molecular weight is 279 g/mol. The Bertz CT molecular complexity index is 234. The van der Waals surface area contributed by atoms with Crippen LogP contribution in [0.2, 0.25) is 0 Å². The van der Waals surface area contributed by atoms with E-state index >= 15 is 0 Å². The van der Waals surface area contributed by atoms with Crippen LogP contribution in [0.25, 0.3) is 0 Å². The molecule has 0 aromatic rings. The van der Waals surface area contributed by atoms with Gasteiger partial charge < -0.3 is 29.8 Å². The van der Waals surface area contributed by atoms with Crippen LogP contribution in [0.1, 0.15) is 13.3 Å². The molecule has 0 rings (SSSR count). The second kappa shape index (κ2) is 11.1. The summed E-state index contributed by atoms with van der Waals surface area (Å²) >= 11 is 0. The Morgan fingerprint density at radius 1 is 1.00 bits per heavy atom. The molecular weight excluding hydrogens is 254 g/mol. The third kappa shape index (κ3) is 10.8. The predicted molar refractivity (Wildman–Crippen MR) is 69.2 cm³/mol. The molecule has 0 aromatic carbocycles. The van der Waals surface area contributed by atoms with E-state index in [9.17, 15) is 4.79 Å². The SMILES string of the molecule is COCCOCCOCCOCCC(C)(N)C(=O)O. The van der Waals surface area contributed by atoms with Crippen LogP contribution >= 0.6 is 0 Å². The maximum Gasteiger partial charge on any atom is 0.323 e. The summed E-state index contributed by atoms with van der Waals surface area (Å²) in [5.74, 6) is -1.03. The molecule has 0 aliphatic carbocycles. The fourth-order valence-electron chi connectivity index (χ4n) is 1.08. The summed E-state index contributed by atoms with van der Waals surface area (Å²) in [5.41, 5.74) is 4.30. The Morgan fingerprint density at radius 2 is 1.42 bits per heavy atom. The van der Waals surface area contributed by atoms with Crippen LogP contribution in [0, 0.1) is 0 Å². The quantitative estimate of drug-likeness (QED) is 0.453. The van der Waals surface area contributed by atoms with Gasteiger partial charge in [0.15, 0.2) is 0 Å². The molecule has 0 amide bonds. The number of carbonyl (C=O) groups is 1. The van der Waals surface area contributed by atoms with Crippen LogP contribution in [0.3, 0.4) is 0 Å². The van der Waals surface area contributed by atoms with Crippen LogP contribution in [-0.4, -0.2) is 70.0 Å². The number of hydrogen-bond acceptors (Lipinski definition) is 6. The minimum atomic E-state index is -1.24. The van der Waals surface area contributed by atoms with Gasteiger partial charge in [0, 0.05) is 13.7 Å². The summed E-state index contributed by atoms with van der Waals surface area (Å²) in [6.45, 7) is 4.76. The van der Waals surface area contributed by atoms with E-state index < -0.39 is 11.5 Å². The molecule has 0 aromatic heterocycles. The zero-order valence-corrected chi connectivity index (χ0v) is 11.7. The molecule has 0 fully saturated rings. The summed E-state index contributed by atoms with van der Waals surface area (Å²) in [4.78, 5) is 10.7. The van der Waals surface area contributed by atoms with Gasteiger partial charge in [-0.15, -0.1) is 0 Å². The number of hydrogen-bond donors (Lipinski definition) is 2. The van der Waals surface area contributed by atoms with Crippen molar-refractivity contribution in [3.05, 3.63) is 0 Å². The van der Waals surface area contributed by atoms with Gasteiger partial charge in [0.05, 0.1) is 39.6 Å². The first-order valence-corrected chi connectivity index (χ1v) is 6.25. The van der Waals surface area contributed by atoms with Crippen LogP contribution in [-0.2, 0) is 23.7 Å². The Balaban J connectivity index is 3.21. The minimum absolute atomic E-state index is 0.266. The highest BCUT2D eigenvalue weighted by atomic mass is 16.6. The topological polar surface area (TPSA) is 100 Å². The third-order valence-corrected chi connectivity index (χ3v) is 2.43. The number of carboxylic acid groups (broad SMARTS) is 1. The molecule has 7 nitrogen and oxygen atoms in total. The molecule has 1 unspecified atom stereocenters. The zero-order chi connectivity index (χ0) is 14.6. The molecule has 19 heavy (non-hydrogen) atoms. The molecule has 0 aliphatic rings. The fourth-order valence-corrected chi connectivity index (χ4v) is 1.08. The van der Waals surface area contributed by atoms with Crippen molar-refractivity contribution < 1.29 is 28.8 Å². The van der Waals surface area contributed by atoms with Gasteiger partial charge in [-0.25, -0.2) is 0 Å². The second-order valence-electron chi connectivity index (χ2n) is 4.30. The maximum absolute atomic E-state index is 10.7. The molecular formula is C12H25NO6. The predicted octanol–water partition coefficient (Wildman–Crippen LogP) is -0.125. The van der Waals surface area contributed by atoms with E-state index in [1.807, 2.05) is 0 Å². The van der Waals surface area contributed by atoms with Crippen molar-refractivity contribution in [2.45, 2.75) is 18.9 Å². The van der Waals surface area contributed by atoms with E-state index in [1.165, 1.54) is 6.92 Å². The van der Waals surface area contributed by atoms with Crippen molar-refractivity contribution in [3.63, 3.8) is 0 Å². The summed E-state index contributed by atoms with van der Waals surface area (Å²) in [6, 6.07) is 0. The fraction of sp³-hybridized carbons (Fsp3) is 0.917. The Morgan fingerprint density at radius 3 is 1.84 bits per heavy atom. The van der Waals surface area contributed by atoms with Gasteiger partial charge in [0.2, 0.25) is 0 Å². The number of aliphatic carboxylic acids is 1. The molecule has 114 valence electrons. The van der Waals surface area contributed by atoms with Crippen molar-refractivity contribution >= 4 is 5.97 Å². The summed E-state index contributed by atoms with van der Waals surface area (Å²) in [7, 11) is 1.62. The lowest BCUT2D eigenvalue weighted by molar-refractivity contribution is -0.143. The lowest BCUT2D eigenvalue weighted by atomic mass is 10.0. The summed E-state index contributed by atoms with van der Waals surface area (Å²) in [5, 5.41) is 8.77. The molecule has 3 N–H and O–H groups in total. The molecule has 0 radical (unpaired) electrons. The lowest BCUT2D eigenvalue weighted by Gasteiger charge is -2.18. The van der Waals surface area contributed by atoms with E-state index in [0.29, 0.717) is 46.2 Å². The molecule has 7 heteroatoms. The van der Waals surface area contributed by atoms with Gasteiger partial charge in [-0.2, -0.15) is 0 Å². The highest BCUT2D eigenvalue weighted by molar-refractivity contribution is 5.77. The third-order valence-electron chi connectivity index (χ3n) is 2.43. The second-order valence-corrected chi connectivity index (χ2v) is 4.30. The van der Waals surface area contributed by atoms with Gasteiger partial charge in [0.25, 0.3) is 0 Å². The molecule has 0 bridgehead atoms. The van der Waals surface area contributed by atoms with E-state index in [4.69, 9.17) is 29.8 Å². The lowest BCUT2D eigenvalue weighted by Crippen LogP contribution is -2.45. The Labute approximate surface area is 114 Å². The van der Waals surface area contributed by atoms with E-state index in [0.717, 1.165) is 0 Å². The number of methoxy groups -OCH3 is 1. The molecule has 1 atom stereocenters. The first kappa shape index (κ1) is 18.3. The molecule has 0 saturated heterocycles. The molecule has 0 aliphatic heterocycles. The number of carboxylic acids is 1. The first-order valence-electron chi connectivity index (χ1n) is 6.25. The number of ether oxygens (including phenoxy) is 4.